The highest BCUT2D eigenvalue weighted by molar-refractivity contribution is 6.03. The third kappa shape index (κ3) is 3.43. The van der Waals surface area contributed by atoms with Crippen molar-refractivity contribution in [1.82, 2.24) is 4.90 Å². The van der Waals surface area contributed by atoms with E-state index in [1.54, 1.807) is 0 Å². The van der Waals surface area contributed by atoms with Gasteiger partial charge in [0.15, 0.2) is 5.78 Å². The van der Waals surface area contributed by atoms with Crippen LogP contribution in [-0.2, 0) is 4.74 Å². The van der Waals surface area contributed by atoms with E-state index >= 15 is 0 Å². The molecule has 0 unspecified atom stereocenters. The van der Waals surface area contributed by atoms with Crippen LogP contribution < -0.4 is 4.74 Å². The molecule has 1 aliphatic carbocycles. The molecule has 0 atom stereocenters. The van der Waals surface area contributed by atoms with Crippen LogP contribution in [0, 0.1) is 0 Å². The summed E-state index contributed by atoms with van der Waals surface area (Å²) in [5.74, 6) is 1.11. The van der Waals surface area contributed by atoms with Gasteiger partial charge in [0.25, 0.3) is 0 Å². The summed E-state index contributed by atoms with van der Waals surface area (Å²) in [6.45, 7) is 5.81. The number of carbonyl (C=O) groups excluding carboxylic acids is 1. The normalized spacial score (nSPS) is 21.8. The third-order valence-electron chi connectivity index (χ3n) is 5.15. The van der Waals surface area contributed by atoms with E-state index in [0.29, 0.717) is 6.61 Å². The van der Waals surface area contributed by atoms with Crippen LogP contribution in [0.1, 0.15) is 49.4 Å². The molecule has 4 nitrogen and oxygen atoms in total. The smallest absolute Gasteiger partial charge is 0.183 e. The second-order valence-corrected chi connectivity index (χ2v) is 6.48. The van der Waals surface area contributed by atoms with E-state index in [0.717, 1.165) is 63.3 Å². The maximum Gasteiger partial charge on any atom is 0.183 e. The largest absolute Gasteiger partial charge is 0.494 e. The maximum atomic E-state index is 13.4. The van der Waals surface area contributed by atoms with Crippen molar-refractivity contribution in [3.8, 4) is 5.75 Å². The topological polar surface area (TPSA) is 38.8 Å². The molecule has 1 aromatic rings. The van der Waals surface area contributed by atoms with Crippen molar-refractivity contribution >= 4 is 5.78 Å². The fourth-order valence-electron chi connectivity index (χ4n) is 3.95. The van der Waals surface area contributed by atoms with Crippen molar-refractivity contribution in [2.75, 3.05) is 32.9 Å². The number of rotatable bonds is 5. The highest BCUT2D eigenvalue weighted by Crippen LogP contribution is 2.37. The van der Waals surface area contributed by atoms with Crippen LogP contribution in [0.4, 0.5) is 0 Å². The Hall–Kier alpha value is -1.39. The number of ketones is 1. The van der Waals surface area contributed by atoms with Crippen molar-refractivity contribution in [3.63, 3.8) is 0 Å². The fraction of sp³-hybridized carbons (Fsp3) is 0.632. The lowest BCUT2D eigenvalue weighted by molar-refractivity contribution is -0.0264. The van der Waals surface area contributed by atoms with Gasteiger partial charge in [0.2, 0.25) is 0 Å². The zero-order chi connectivity index (χ0) is 16.1. The van der Waals surface area contributed by atoms with Crippen LogP contribution in [0.15, 0.2) is 24.3 Å². The number of benzene rings is 1. The molecule has 3 rings (SSSR count). The minimum atomic E-state index is -0.324. The van der Waals surface area contributed by atoms with Gasteiger partial charge >= 0.3 is 0 Å². The molecule has 0 amide bonds. The quantitative estimate of drug-likeness (QED) is 0.781. The van der Waals surface area contributed by atoms with Gasteiger partial charge in [0.05, 0.1) is 25.4 Å². The Labute approximate surface area is 138 Å². The van der Waals surface area contributed by atoms with Crippen LogP contribution >= 0.6 is 0 Å². The summed E-state index contributed by atoms with van der Waals surface area (Å²) in [5.41, 5.74) is 0.483. The Morgan fingerprint density at radius 3 is 2.39 bits per heavy atom. The molecule has 23 heavy (non-hydrogen) atoms. The lowest BCUT2D eigenvalue weighted by Crippen LogP contribution is -2.59. The highest BCUT2D eigenvalue weighted by atomic mass is 16.5. The lowest BCUT2D eigenvalue weighted by Gasteiger charge is -2.46. The van der Waals surface area contributed by atoms with Crippen molar-refractivity contribution < 1.29 is 14.3 Å². The predicted molar refractivity (Wildman–Crippen MR) is 90.1 cm³/mol. The van der Waals surface area contributed by atoms with Crippen LogP contribution in [0.25, 0.3) is 0 Å². The van der Waals surface area contributed by atoms with Gasteiger partial charge in [0.1, 0.15) is 5.75 Å². The minimum absolute atomic E-state index is 0.280. The molecule has 1 aromatic carbocycles. The summed E-state index contributed by atoms with van der Waals surface area (Å²) >= 11 is 0. The Balaban J connectivity index is 1.84. The number of hydrogen-bond donors (Lipinski definition) is 0. The van der Waals surface area contributed by atoms with E-state index in [-0.39, 0.29) is 11.3 Å². The van der Waals surface area contributed by atoms with Gasteiger partial charge in [-0.15, -0.1) is 0 Å². The summed E-state index contributed by atoms with van der Waals surface area (Å²) in [7, 11) is 0. The van der Waals surface area contributed by atoms with E-state index in [4.69, 9.17) is 9.47 Å². The highest BCUT2D eigenvalue weighted by Gasteiger charge is 2.45. The van der Waals surface area contributed by atoms with E-state index in [2.05, 4.69) is 4.90 Å². The predicted octanol–water partition coefficient (Wildman–Crippen LogP) is 3.30. The summed E-state index contributed by atoms with van der Waals surface area (Å²) in [6, 6.07) is 7.66. The van der Waals surface area contributed by atoms with Crippen molar-refractivity contribution in [2.24, 2.45) is 0 Å². The van der Waals surface area contributed by atoms with E-state index < -0.39 is 0 Å². The molecular weight excluding hydrogens is 290 g/mol. The van der Waals surface area contributed by atoms with E-state index in [9.17, 15) is 4.79 Å². The Morgan fingerprint density at radius 1 is 1.13 bits per heavy atom. The number of carbonyl (C=O) groups is 1. The number of ether oxygens (including phenoxy) is 2. The van der Waals surface area contributed by atoms with Gasteiger partial charge in [-0.2, -0.15) is 0 Å². The average molecular weight is 317 g/mol. The fourth-order valence-corrected chi connectivity index (χ4v) is 3.95. The Bertz CT molecular complexity index is 514. The Morgan fingerprint density at radius 2 is 1.78 bits per heavy atom. The monoisotopic (exact) mass is 317 g/mol. The van der Waals surface area contributed by atoms with Gasteiger partial charge in [-0.25, -0.2) is 0 Å². The SMILES string of the molecule is CCOc1ccc(C(=O)C2(N3CCOCC3)CCCCC2)cc1. The number of nitrogens with zero attached hydrogens (tertiary/aromatic N) is 1. The molecule has 0 spiro atoms. The third-order valence-corrected chi connectivity index (χ3v) is 5.15. The average Bonchev–Trinajstić information content (AvgIpc) is 2.63. The first kappa shape index (κ1) is 16.5. The van der Waals surface area contributed by atoms with Gasteiger partial charge in [-0.3, -0.25) is 9.69 Å². The summed E-state index contributed by atoms with van der Waals surface area (Å²) in [6.07, 6.45) is 5.46. The van der Waals surface area contributed by atoms with Crippen LogP contribution in [-0.4, -0.2) is 49.1 Å². The minimum Gasteiger partial charge on any atom is -0.494 e. The molecule has 0 N–H and O–H groups in total. The van der Waals surface area contributed by atoms with Gasteiger partial charge < -0.3 is 9.47 Å². The molecule has 0 aromatic heterocycles. The van der Waals surface area contributed by atoms with Crippen molar-refractivity contribution in [2.45, 2.75) is 44.6 Å². The van der Waals surface area contributed by atoms with Crippen molar-refractivity contribution in [1.29, 1.82) is 0 Å². The lowest BCUT2D eigenvalue weighted by atomic mass is 9.75. The molecule has 1 aliphatic heterocycles. The molecule has 4 heteroatoms. The molecular formula is C19H27NO3. The molecule has 2 fully saturated rings. The standard InChI is InChI=1S/C19H27NO3/c1-2-23-17-8-6-16(7-9-17)18(21)19(10-4-3-5-11-19)20-12-14-22-15-13-20/h6-9H,2-5,10-15H2,1H3. The first-order valence-electron chi connectivity index (χ1n) is 8.87. The van der Waals surface area contributed by atoms with Crippen LogP contribution in [0.2, 0.25) is 0 Å². The molecule has 1 saturated carbocycles. The van der Waals surface area contributed by atoms with Gasteiger partial charge in [-0.05, 0) is 44.0 Å². The van der Waals surface area contributed by atoms with E-state index in [1.165, 1.54) is 6.42 Å². The molecule has 126 valence electrons. The second kappa shape index (κ2) is 7.45. The zero-order valence-electron chi connectivity index (χ0n) is 14.1. The maximum absolute atomic E-state index is 13.4. The first-order chi connectivity index (χ1) is 11.3. The second-order valence-electron chi connectivity index (χ2n) is 6.48. The zero-order valence-corrected chi connectivity index (χ0v) is 14.1. The molecule has 2 aliphatic rings. The number of hydrogen-bond acceptors (Lipinski definition) is 4. The van der Waals surface area contributed by atoms with Crippen LogP contribution in [0.5, 0.6) is 5.75 Å². The summed E-state index contributed by atoms with van der Waals surface area (Å²) in [5, 5.41) is 0. The molecule has 1 saturated heterocycles. The first-order valence-corrected chi connectivity index (χ1v) is 8.87. The summed E-state index contributed by atoms with van der Waals surface area (Å²) in [4.78, 5) is 15.8. The summed E-state index contributed by atoms with van der Waals surface area (Å²) < 4.78 is 11.0. The molecule has 0 bridgehead atoms. The van der Waals surface area contributed by atoms with Crippen LogP contribution in [0.3, 0.4) is 0 Å². The molecule has 0 radical (unpaired) electrons. The van der Waals surface area contributed by atoms with Gasteiger partial charge in [0, 0.05) is 18.7 Å². The Kier molecular flexibility index (Phi) is 5.34. The number of morpholine rings is 1. The number of Topliss-reactive ketones (excluding diaryl/α,β-unsaturated/α-hetero) is 1. The van der Waals surface area contributed by atoms with E-state index in [1.807, 2.05) is 31.2 Å². The molecule has 1 heterocycles. The van der Waals surface area contributed by atoms with Crippen molar-refractivity contribution in [3.05, 3.63) is 29.8 Å². The van der Waals surface area contributed by atoms with Gasteiger partial charge in [-0.1, -0.05) is 19.3 Å².